The Morgan fingerprint density at radius 3 is 2.54 bits per heavy atom. The lowest BCUT2D eigenvalue weighted by atomic mass is 9.54. The Kier molecular flexibility index (Phi) is 4.27. The van der Waals surface area contributed by atoms with Crippen LogP contribution in [0, 0.1) is 0 Å². The number of benzene rings is 2. The van der Waals surface area contributed by atoms with Crippen molar-refractivity contribution >= 4 is 35.3 Å². The first-order chi connectivity index (χ1) is 13.6. The van der Waals surface area contributed by atoms with Gasteiger partial charge in [-0.1, -0.05) is 60.8 Å². The van der Waals surface area contributed by atoms with Crippen LogP contribution in [0.2, 0.25) is 6.82 Å². The van der Waals surface area contributed by atoms with Crippen molar-refractivity contribution in [2.75, 3.05) is 4.81 Å². The van der Waals surface area contributed by atoms with E-state index in [0.717, 1.165) is 0 Å². The van der Waals surface area contributed by atoms with Gasteiger partial charge in [-0.05, 0) is 50.2 Å². The van der Waals surface area contributed by atoms with Crippen molar-refractivity contribution in [3.8, 4) is 0 Å². The molecule has 1 saturated carbocycles. The van der Waals surface area contributed by atoms with Gasteiger partial charge < -0.3 is 0 Å². The second-order valence-electron chi connectivity index (χ2n) is 8.51. The van der Waals surface area contributed by atoms with Gasteiger partial charge in [0.15, 0.2) is 0 Å². The van der Waals surface area contributed by atoms with E-state index in [0.29, 0.717) is 12.8 Å². The highest BCUT2D eigenvalue weighted by atomic mass is 15.2. The molecule has 5 rings (SSSR count). The molecule has 0 amide bonds. The van der Waals surface area contributed by atoms with Gasteiger partial charge in [0.05, 0.1) is 7.05 Å². The predicted molar refractivity (Wildman–Crippen MR) is 120 cm³/mol. The molecule has 0 unspecified atom stereocenters. The molecule has 2 nitrogen and oxygen atoms in total. The van der Waals surface area contributed by atoms with E-state index in [1.54, 1.807) is 0 Å². The third kappa shape index (κ3) is 2.68. The van der Waals surface area contributed by atoms with Crippen molar-refractivity contribution in [2.24, 2.45) is 7.05 Å². The SMILES string of the molecule is CB1C(C)=Cc2ccccc2N1c1cc(C2CCCC2)c2ccccc2[n+]1C. The molecule has 1 aliphatic heterocycles. The van der Waals surface area contributed by atoms with Gasteiger partial charge in [0.2, 0.25) is 0 Å². The number of para-hydroxylation sites is 2. The Balaban J connectivity index is 1.77. The Labute approximate surface area is 168 Å². The normalized spacial score (nSPS) is 17.2. The number of nitrogens with zero attached hydrogens (tertiary/aromatic N) is 2. The van der Waals surface area contributed by atoms with E-state index in [4.69, 9.17) is 0 Å². The summed E-state index contributed by atoms with van der Waals surface area (Å²) < 4.78 is 2.39. The number of hydrogen-bond acceptors (Lipinski definition) is 1. The zero-order chi connectivity index (χ0) is 19.3. The minimum atomic E-state index is 0.346. The molecule has 0 radical (unpaired) electrons. The van der Waals surface area contributed by atoms with E-state index < -0.39 is 0 Å². The van der Waals surface area contributed by atoms with Gasteiger partial charge in [0.25, 0.3) is 5.82 Å². The second-order valence-corrected chi connectivity index (χ2v) is 8.51. The molecule has 0 spiro atoms. The predicted octanol–water partition coefficient (Wildman–Crippen LogP) is 6.04. The van der Waals surface area contributed by atoms with Crippen LogP contribution < -0.4 is 9.38 Å². The largest absolute Gasteiger partial charge is 0.405 e. The van der Waals surface area contributed by atoms with E-state index >= 15 is 0 Å². The molecule has 2 aliphatic rings. The van der Waals surface area contributed by atoms with Crippen LogP contribution in [0.15, 0.2) is 60.1 Å². The lowest BCUT2D eigenvalue weighted by Gasteiger charge is -2.29. The van der Waals surface area contributed by atoms with Crippen LogP contribution in [0.25, 0.3) is 17.0 Å². The third-order valence-corrected chi connectivity index (χ3v) is 6.87. The number of anilines is 2. The van der Waals surface area contributed by atoms with Gasteiger partial charge in [-0.3, -0.25) is 4.81 Å². The fraction of sp³-hybridized carbons (Fsp3) is 0.320. The molecule has 0 bridgehead atoms. The fourth-order valence-electron chi connectivity index (χ4n) is 5.18. The monoisotopic (exact) mass is 367 g/mol. The first kappa shape index (κ1) is 17.5. The average Bonchev–Trinajstić information content (AvgIpc) is 3.25. The smallest absolute Gasteiger partial charge is 0.287 e. The fourth-order valence-corrected chi connectivity index (χ4v) is 5.18. The van der Waals surface area contributed by atoms with Gasteiger partial charge >= 0.3 is 6.85 Å². The third-order valence-electron chi connectivity index (χ3n) is 6.87. The highest BCUT2D eigenvalue weighted by Gasteiger charge is 2.37. The number of rotatable bonds is 2. The van der Waals surface area contributed by atoms with Crippen molar-refractivity contribution < 1.29 is 4.57 Å². The zero-order valence-corrected chi connectivity index (χ0v) is 17.2. The Hall–Kier alpha value is -2.55. The highest BCUT2D eigenvalue weighted by Crippen LogP contribution is 2.41. The van der Waals surface area contributed by atoms with Crippen molar-refractivity contribution in [2.45, 2.75) is 45.3 Å². The molecule has 1 aromatic heterocycles. The summed E-state index contributed by atoms with van der Waals surface area (Å²) in [5, 5.41) is 1.42. The van der Waals surface area contributed by atoms with Crippen molar-refractivity contribution in [3.05, 3.63) is 71.2 Å². The second kappa shape index (κ2) is 6.81. The molecule has 1 fully saturated rings. The summed E-state index contributed by atoms with van der Waals surface area (Å²) in [7, 11) is 2.22. The van der Waals surface area contributed by atoms with Crippen LogP contribution in [-0.2, 0) is 7.05 Å². The van der Waals surface area contributed by atoms with Crippen molar-refractivity contribution in [1.29, 1.82) is 0 Å². The summed E-state index contributed by atoms with van der Waals surface area (Å²) in [6.07, 6.45) is 7.71. The lowest BCUT2D eigenvalue weighted by Crippen LogP contribution is -2.45. The molecule has 2 heterocycles. The summed E-state index contributed by atoms with van der Waals surface area (Å²) in [6, 6.07) is 20.2. The number of aryl methyl sites for hydroxylation is 1. The highest BCUT2D eigenvalue weighted by molar-refractivity contribution is 6.72. The maximum atomic E-state index is 2.54. The van der Waals surface area contributed by atoms with Crippen LogP contribution >= 0.6 is 0 Å². The maximum Gasteiger partial charge on any atom is 0.405 e. The van der Waals surface area contributed by atoms with Gasteiger partial charge in [-0.15, -0.1) is 0 Å². The molecule has 1 aliphatic carbocycles. The van der Waals surface area contributed by atoms with E-state index in [2.05, 4.69) is 90.8 Å². The van der Waals surface area contributed by atoms with Crippen LogP contribution in [0.4, 0.5) is 11.5 Å². The lowest BCUT2D eigenvalue weighted by molar-refractivity contribution is -0.631. The summed E-state index contributed by atoms with van der Waals surface area (Å²) >= 11 is 0. The van der Waals surface area contributed by atoms with E-state index in [1.807, 2.05) is 0 Å². The molecule has 0 N–H and O–H groups in total. The van der Waals surface area contributed by atoms with Crippen LogP contribution in [-0.4, -0.2) is 6.85 Å². The summed E-state index contributed by atoms with van der Waals surface area (Å²) in [5.41, 5.74) is 6.91. The summed E-state index contributed by atoms with van der Waals surface area (Å²) in [4.78, 5) is 2.54. The number of allylic oxidation sites excluding steroid dienone is 1. The zero-order valence-electron chi connectivity index (χ0n) is 17.2. The number of pyridine rings is 1. The molecule has 3 aromatic rings. The molecule has 3 heteroatoms. The maximum absolute atomic E-state index is 2.54. The molecule has 140 valence electrons. The van der Waals surface area contributed by atoms with Crippen LogP contribution in [0.5, 0.6) is 0 Å². The van der Waals surface area contributed by atoms with E-state index in [1.165, 1.54) is 64.7 Å². The molecule has 2 aromatic carbocycles. The van der Waals surface area contributed by atoms with E-state index in [9.17, 15) is 0 Å². The number of aromatic nitrogens is 1. The topological polar surface area (TPSA) is 7.12 Å². The molecule has 28 heavy (non-hydrogen) atoms. The van der Waals surface area contributed by atoms with Gasteiger partial charge in [-0.2, -0.15) is 0 Å². The quantitative estimate of drug-likeness (QED) is 0.396. The molecular weight excluding hydrogens is 339 g/mol. The standard InChI is InChI=1S/C25H28BN2/c1-18-16-20-12-6-8-14-23(20)28(26(18)2)25-17-22(19-10-4-5-11-19)21-13-7-9-15-24(21)27(25)3/h6-9,12-17,19H,4-5,10-11H2,1-3H3/q+1. The van der Waals surface area contributed by atoms with Crippen molar-refractivity contribution in [1.82, 2.24) is 0 Å². The molecular formula is C25H28BN2+. The van der Waals surface area contributed by atoms with E-state index in [-0.39, 0.29) is 0 Å². The Morgan fingerprint density at radius 1 is 1.00 bits per heavy atom. The minimum Gasteiger partial charge on any atom is -0.287 e. The van der Waals surface area contributed by atoms with Gasteiger partial charge in [-0.25, -0.2) is 4.57 Å². The average molecular weight is 367 g/mol. The van der Waals surface area contributed by atoms with Gasteiger partial charge in [0.1, 0.15) is 11.2 Å². The first-order valence-corrected chi connectivity index (χ1v) is 10.6. The molecule has 0 saturated heterocycles. The van der Waals surface area contributed by atoms with Crippen molar-refractivity contribution in [3.63, 3.8) is 0 Å². The van der Waals surface area contributed by atoms with Crippen LogP contribution in [0.1, 0.15) is 49.7 Å². The number of fused-ring (bicyclic) bond motifs is 2. The molecule has 0 atom stereocenters. The Morgan fingerprint density at radius 2 is 1.71 bits per heavy atom. The minimum absolute atomic E-state index is 0.346. The van der Waals surface area contributed by atoms with Gasteiger partial charge in [0, 0.05) is 17.0 Å². The summed E-state index contributed by atoms with van der Waals surface area (Å²) in [5.74, 6) is 1.99. The summed E-state index contributed by atoms with van der Waals surface area (Å²) in [6.45, 7) is 4.93. The Bertz CT molecular complexity index is 1080. The first-order valence-electron chi connectivity index (χ1n) is 10.6. The van der Waals surface area contributed by atoms with Crippen LogP contribution in [0.3, 0.4) is 0 Å². The number of hydrogen-bond donors (Lipinski definition) is 0.